The highest BCUT2D eigenvalue weighted by atomic mass is 31.2. The van der Waals surface area contributed by atoms with E-state index in [1.807, 2.05) is 37.3 Å². The molecule has 0 spiro atoms. The van der Waals surface area contributed by atoms with Crippen LogP contribution in [0.2, 0.25) is 51.4 Å². The molecule has 4 rings (SSSR count). The number of hydrogen-bond acceptors (Lipinski definition) is 8. The van der Waals surface area contributed by atoms with E-state index in [-0.39, 0.29) is 38.2 Å². The minimum absolute atomic E-state index is 0.179. The molecule has 10 nitrogen and oxygen atoms in total. The van der Waals surface area contributed by atoms with Gasteiger partial charge in [0.25, 0.3) is 0 Å². The van der Waals surface area contributed by atoms with E-state index < -0.39 is 24.0 Å². The van der Waals surface area contributed by atoms with Crippen molar-refractivity contribution in [1.82, 2.24) is 9.88 Å². The van der Waals surface area contributed by atoms with Gasteiger partial charge in [-0.1, -0.05) is 57.5 Å². The first kappa shape index (κ1) is 36.0. The first-order valence-electron chi connectivity index (χ1n) is 15.8. The van der Waals surface area contributed by atoms with Gasteiger partial charge in [-0.25, -0.2) is 9.55 Å². The van der Waals surface area contributed by atoms with Gasteiger partial charge in [0.2, 0.25) is 11.8 Å². The zero-order valence-electron chi connectivity index (χ0n) is 28.4. The minimum Gasteiger partial charge on any atom is -0.459 e. The summed E-state index contributed by atoms with van der Waals surface area (Å²) in [6.45, 7) is 15.9. The number of rotatable bonds is 15. The summed E-state index contributed by atoms with van der Waals surface area (Å²) in [6.07, 6.45) is 5.56. The molecular formula is C33H48N3O7PSi2. The maximum atomic E-state index is 13.6. The molecule has 1 aliphatic rings. The molecule has 1 aromatic carbocycles. The Morgan fingerprint density at radius 3 is 2.33 bits per heavy atom. The fourth-order valence-corrected chi connectivity index (χ4v) is 7.68. The van der Waals surface area contributed by atoms with E-state index in [1.165, 1.54) is 11.0 Å². The number of benzene rings is 1. The first-order chi connectivity index (χ1) is 21.5. The van der Waals surface area contributed by atoms with Gasteiger partial charge in [-0.2, -0.15) is 0 Å². The number of anilines is 1. The molecule has 46 heavy (non-hydrogen) atoms. The van der Waals surface area contributed by atoms with E-state index >= 15 is 0 Å². The predicted molar refractivity (Wildman–Crippen MR) is 188 cm³/mol. The highest BCUT2D eigenvalue weighted by molar-refractivity contribution is 7.48. The molecule has 13 heteroatoms. The number of aryl methyl sites for hydroxylation is 2. The molecule has 0 aliphatic carbocycles. The number of phosphoric acid groups is 1. The van der Waals surface area contributed by atoms with Crippen LogP contribution in [0.4, 0.5) is 5.82 Å². The van der Waals surface area contributed by atoms with Crippen LogP contribution in [0, 0.1) is 6.92 Å². The number of carbonyl (C=O) groups excluding carboxylic acids is 2. The largest absolute Gasteiger partial charge is 0.476 e. The summed E-state index contributed by atoms with van der Waals surface area (Å²) in [4.78, 5) is 33.4. The normalized spacial score (nSPS) is 14.3. The number of furan rings is 1. The SMILES string of the molecule is Cc1c(CN(C)C(=O)/C=C/c2cnc3c(c2)CCC(=O)N3COP(=O)(OCC[Si](C)(C)C)OCC[Si](C)(C)C)oc2ccccc12. The maximum Gasteiger partial charge on any atom is 0.476 e. The van der Waals surface area contributed by atoms with Gasteiger partial charge in [0, 0.05) is 52.8 Å². The van der Waals surface area contributed by atoms with Gasteiger partial charge < -0.3 is 9.32 Å². The number of hydrogen-bond donors (Lipinski definition) is 0. The summed E-state index contributed by atoms with van der Waals surface area (Å²) in [5, 5.41) is 1.04. The van der Waals surface area contributed by atoms with Crippen molar-refractivity contribution in [1.29, 1.82) is 0 Å². The molecule has 0 atom stereocenters. The van der Waals surface area contributed by atoms with Crippen LogP contribution in [-0.2, 0) is 40.7 Å². The van der Waals surface area contributed by atoms with Gasteiger partial charge in [-0.15, -0.1) is 0 Å². The van der Waals surface area contributed by atoms with Gasteiger partial charge in [-0.05, 0) is 54.8 Å². The van der Waals surface area contributed by atoms with Gasteiger partial charge in [0.1, 0.15) is 23.9 Å². The van der Waals surface area contributed by atoms with Gasteiger partial charge >= 0.3 is 7.82 Å². The molecule has 0 N–H and O–H groups in total. The number of para-hydroxylation sites is 1. The molecule has 250 valence electrons. The van der Waals surface area contributed by atoms with Crippen LogP contribution in [0.25, 0.3) is 17.0 Å². The summed E-state index contributed by atoms with van der Waals surface area (Å²) >= 11 is 0. The molecule has 1 aliphatic heterocycles. The van der Waals surface area contributed by atoms with E-state index in [0.717, 1.165) is 45.5 Å². The lowest BCUT2D eigenvalue weighted by Gasteiger charge is -2.29. The molecule has 0 unspecified atom stereocenters. The van der Waals surface area contributed by atoms with Crippen LogP contribution in [0.5, 0.6) is 0 Å². The molecule has 2 aromatic heterocycles. The van der Waals surface area contributed by atoms with Crippen LogP contribution in [0.3, 0.4) is 0 Å². The van der Waals surface area contributed by atoms with Crippen molar-refractivity contribution in [3.63, 3.8) is 0 Å². The Balaban J connectivity index is 1.41. The summed E-state index contributed by atoms with van der Waals surface area (Å²) < 4.78 is 36.9. The van der Waals surface area contributed by atoms with Crippen molar-refractivity contribution < 1.29 is 32.1 Å². The topological polar surface area (TPSA) is 111 Å². The van der Waals surface area contributed by atoms with E-state index in [9.17, 15) is 14.2 Å². The molecule has 0 saturated carbocycles. The third kappa shape index (κ3) is 10.1. The average molecular weight is 686 g/mol. The van der Waals surface area contributed by atoms with Crippen molar-refractivity contribution in [2.75, 3.05) is 31.9 Å². The lowest BCUT2D eigenvalue weighted by molar-refractivity contribution is -0.125. The molecule has 2 amide bonds. The van der Waals surface area contributed by atoms with Crippen molar-refractivity contribution in [3.8, 4) is 0 Å². The number of carbonyl (C=O) groups is 2. The van der Waals surface area contributed by atoms with E-state index in [2.05, 4.69) is 44.3 Å². The van der Waals surface area contributed by atoms with Crippen LogP contribution in [0.1, 0.15) is 28.9 Å². The van der Waals surface area contributed by atoms with Crippen molar-refractivity contribution in [2.24, 2.45) is 0 Å². The summed E-state index contributed by atoms with van der Waals surface area (Å²) in [5.74, 6) is 0.826. The molecule has 0 bridgehead atoms. The second-order valence-electron chi connectivity index (χ2n) is 14.2. The lowest BCUT2D eigenvalue weighted by atomic mass is 10.0. The van der Waals surface area contributed by atoms with Crippen LogP contribution < -0.4 is 4.90 Å². The predicted octanol–water partition coefficient (Wildman–Crippen LogP) is 7.88. The Morgan fingerprint density at radius 2 is 1.70 bits per heavy atom. The smallest absolute Gasteiger partial charge is 0.459 e. The summed E-state index contributed by atoms with van der Waals surface area (Å²) in [5.41, 5.74) is 3.38. The second kappa shape index (κ2) is 14.9. The third-order valence-corrected chi connectivity index (χ3v) is 12.6. The number of likely N-dealkylation sites (N-methyl/N-ethyl adjacent to an activating group) is 1. The highest BCUT2D eigenvalue weighted by Crippen LogP contribution is 2.50. The zero-order valence-corrected chi connectivity index (χ0v) is 31.3. The monoisotopic (exact) mass is 685 g/mol. The van der Waals surface area contributed by atoms with Crippen LogP contribution in [-0.4, -0.2) is 64.8 Å². The van der Waals surface area contributed by atoms with Gasteiger partial charge in [0.05, 0.1) is 19.8 Å². The number of nitrogens with zero attached hydrogens (tertiary/aromatic N) is 3. The Kier molecular flexibility index (Phi) is 11.7. The maximum absolute atomic E-state index is 13.6. The Bertz CT molecular complexity index is 1600. The Hall–Kier alpha value is -2.87. The number of amides is 2. The van der Waals surface area contributed by atoms with Gasteiger partial charge in [0.15, 0.2) is 0 Å². The molecular weight excluding hydrogens is 638 g/mol. The van der Waals surface area contributed by atoms with Crippen LogP contribution in [0.15, 0.2) is 47.0 Å². The number of aromatic nitrogens is 1. The number of phosphoric ester groups is 1. The van der Waals surface area contributed by atoms with Crippen LogP contribution >= 0.6 is 7.82 Å². The second-order valence-corrected chi connectivity index (χ2v) is 27.2. The summed E-state index contributed by atoms with van der Waals surface area (Å²) in [7, 11) is -5.07. The fraction of sp³-hybridized carbons (Fsp3) is 0.485. The molecule has 3 heterocycles. The Labute approximate surface area is 274 Å². The van der Waals surface area contributed by atoms with Crippen molar-refractivity contribution >= 4 is 58.6 Å². The van der Waals surface area contributed by atoms with E-state index in [4.69, 9.17) is 18.0 Å². The Morgan fingerprint density at radius 1 is 1.04 bits per heavy atom. The molecule has 0 saturated heterocycles. The van der Waals surface area contributed by atoms with Gasteiger partial charge in [-0.3, -0.25) is 28.1 Å². The molecule has 0 radical (unpaired) electrons. The zero-order chi connectivity index (χ0) is 33.7. The minimum atomic E-state index is -3.91. The van der Waals surface area contributed by atoms with E-state index in [0.29, 0.717) is 18.8 Å². The fourth-order valence-electron chi connectivity index (χ4n) is 4.80. The number of fused-ring (bicyclic) bond motifs is 2. The van der Waals surface area contributed by atoms with Crippen molar-refractivity contribution in [3.05, 3.63) is 65.1 Å². The molecule has 0 fully saturated rings. The standard InChI is InChI=1S/C33H48N3O7PSi2/c1-25-28-11-9-10-12-29(28)43-30(25)23-35(2)31(37)15-13-26-21-27-14-16-32(38)36(33(27)34-22-26)24-42-44(39,40-17-19-45(3,4)5)41-18-20-46(6,7)8/h9-13,15,21-22H,14,16-20,23-24H2,1-8H3/b15-13+. The lowest BCUT2D eigenvalue weighted by Crippen LogP contribution is -2.37. The summed E-state index contributed by atoms with van der Waals surface area (Å²) in [6, 6.07) is 11.3. The number of pyridine rings is 1. The van der Waals surface area contributed by atoms with Crippen molar-refractivity contribution in [2.45, 2.75) is 77.7 Å². The quantitative estimate of drug-likeness (QED) is 0.0903. The van der Waals surface area contributed by atoms with E-state index in [1.54, 1.807) is 24.2 Å². The molecule has 3 aromatic rings. The third-order valence-electron chi connectivity index (χ3n) is 7.79. The first-order valence-corrected chi connectivity index (χ1v) is 24.6. The average Bonchev–Trinajstić information content (AvgIpc) is 3.28. The highest BCUT2D eigenvalue weighted by Gasteiger charge is 2.33.